The first-order valence-corrected chi connectivity index (χ1v) is 5.74. The third kappa shape index (κ3) is 3.22. The zero-order valence-corrected chi connectivity index (χ0v) is 11.2. The van der Waals surface area contributed by atoms with Crippen LogP contribution in [0.5, 0.6) is 0 Å². The predicted molar refractivity (Wildman–Crippen MR) is 70.6 cm³/mol. The predicted octanol–water partition coefficient (Wildman–Crippen LogP) is 2.71. The van der Waals surface area contributed by atoms with Gasteiger partial charge in [-0.25, -0.2) is 0 Å². The van der Waals surface area contributed by atoms with E-state index in [0.29, 0.717) is 6.42 Å². The Bertz CT molecular complexity index is 422. The molecule has 0 aliphatic carbocycles. The number of benzene rings is 1. The molecule has 3 heteroatoms. The summed E-state index contributed by atoms with van der Waals surface area (Å²) in [5, 5.41) is 9.13. The summed E-state index contributed by atoms with van der Waals surface area (Å²) in [6.07, 6.45) is 0.545. The third-order valence-electron chi connectivity index (χ3n) is 2.98. The van der Waals surface area contributed by atoms with Crippen molar-refractivity contribution in [1.82, 2.24) is 0 Å². The molecule has 0 aliphatic heterocycles. The molecule has 0 unspecified atom stereocenters. The highest BCUT2D eigenvalue weighted by molar-refractivity contribution is 5.74. The summed E-state index contributed by atoms with van der Waals surface area (Å²) in [7, 11) is 3.99. The monoisotopic (exact) mass is 235 g/mol. The topological polar surface area (TPSA) is 40.5 Å². The number of hydrogen-bond donors (Lipinski definition) is 1. The summed E-state index contributed by atoms with van der Waals surface area (Å²) in [6, 6.07) is 6.12. The van der Waals surface area contributed by atoms with Gasteiger partial charge in [-0.2, -0.15) is 0 Å². The molecule has 17 heavy (non-hydrogen) atoms. The van der Waals surface area contributed by atoms with Crippen LogP contribution >= 0.6 is 0 Å². The average Bonchev–Trinajstić information content (AvgIpc) is 2.20. The number of anilines is 1. The Balaban J connectivity index is 3.01. The minimum Gasteiger partial charge on any atom is -0.481 e. The van der Waals surface area contributed by atoms with Crippen molar-refractivity contribution < 1.29 is 9.90 Å². The number of carbonyl (C=O) groups is 1. The molecule has 1 rings (SSSR count). The van der Waals surface area contributed by atoms with Gasteiger partial charge in [0.1, 0.15) is 0 Å². The molecule has 0 fully saturated rings. The van der Waals surface area contributed by atoms with Crippen LogP contribution in [0.15, 0.2) is 18.2 Å². The molecule has 0 amide bonds. The average molecular weight is 235 g/mol. The molecule has 0 saturated carbocycles. The quantitative estimate of drug-likeness (QED) is 0.872. The molecule has 0 saturated heterocycles. The molecule has 0 radical (unpaired) electrons. The maximum Gasteiger partial charge on any atom is 0.309 e. The minimum atomic E-state index is -0.760. The number of aliphatic carboxylic acids is 1. The maximum atomic E-state index is 11.1. The number of carboxylic acid groups (broad SMARTS) is 1. The summed E-state index contributed by atoms with van der Waals surface area (Å²) in [5.74, 6) is -0.760. The summed E-state index contributed by atoms with van der Waals surface area (Å²) < 4.78 is 0. The van der Waals surface area contributed by atoms with E-state index in [4.69, 9.17) is 5.11 Å². The number of rotatable bonds is 4. The van der Waals surface area contributed by atoms with Crippen LogP contribution in [0.4, 0.5) is 5.69 Å². The molecule has 0 heterocycles. The molecule has 0 aromatic heterocycles. The Labute approximate surface area is 103 Å². The normalized spacial score (nSPS) is 11.4. The van der Waals surface area contributed by atoms with Crippen molar-refractivity contribution in [3.8, 4) is 0 Å². The fourth-order valence-corrected chi connectivity index (χ4v) is 1.83. The third-order valence-corrected chi connectivity index (χ3v) is 2.98. The first-order valence-electron chi connectivity index (χ1n) is 5.74. The van der Waals surface area contributed by atoms with Gasteiger partial charge in [-0.1, -0.05) is 12.1 Å². The highest BCUT2D eigenvalue weighted by atomic mass is 16.4. The second-order valence-electron chi connectivity index (χ2n) is 5.38. The molecular weight excluding hydrogens is 214 g/mol. The lowest BCUT2D eigenvalue weighted by Crippen LogP contribution is -2.26. The van der Waals surface area contributed by atoms with Gasteiger partial charge in [0.25, 0.3) is 0 Å². The summed E-state index contributed by atoms with van der Waals surface area (Å²) in [6.45, 7) is 5.57. The van der Waals surface area contributed by atoms with Gasteiger partial charge < -0.3 is 10.0 Å². The van der Waals surface area contributed by atoms with Crippen molar-refractivity contribution in [2.24, 2.45) is 5.41 Å². The maximum absolute atomic E-state index is 11.1. The van der Waals surface area contributed by atoms with Crippen LogP contribution in [0.3, 0.4) is 0 Å². The fourth-order valence-electron chi connectivity index (χ4n) is 1.83. The van der Waals surface area contributed by atoms with E-state index in [1.807, 2.05) is 31.1 Å². The van der Waals surface area contributed by atoms with Crippen LogP contribution in [0, 0.1) is 12.3 Å². The van der Waals surface area contributed by atoms with Gasteiger partial charge in [-0.05, 0) is 44.4 Å². The lowest BCUT2D eigenvalue weighted by Gasteiger charge is -2.21. The van der Waals surface area contributed by atoms with Crippen molar-refractivity contribution in [1.29, 1.82) is 0 Å². The van der Waals surface area contributed by atoms with Crippen molar-refractivity contribution in [3.63, 3.8) is 0 Å². The molecular formula is C14H21NO2. The van der Waals surface area contributed by atoms with Gasteiger partial charge in [0.2, 0.25) is 0 Å². The highest BCUT2D eigenvalue weighted by Gasteiger charge is 2.27. The van der Waals surface area contributed by atoms with Gasteiger partial charge in [0.05, 0.1) is 5.41 Å². The molecule has 1 aromatic carbocycles. The summed E-state index contributed by atoms with van der Waals surface area (Å²) in [5.41, 5.74) is 2.68. The first-order chi connectivity index (χ1) is 7.74. The van der Waals surface area contributed by atoms with Crippen molar-refractivity contribution in [2.75, 3.05) is 19.0 Å². The Hall–Kier alpha value is -1.51. The highest BCUT2D eigenvalue weighted by Crippen LogP contribution is 2.26. The van der Waals surface area contributed by atoms with E-state index in [0.717, 1.165) is 11.3 Å². The van der Waals surface area contributed by atoms with Gasteiger partial charge in [0, 0.05) is 19.8 Å². The van der Waals surface area contributed by atoms with E-state index in [1.165, 1.54) is 5.56 Å². The zero-order valence-electron chi connectivity index (χ0n) is 11.2. The Morgan fingerprint density at radius 1 is 1.35 bits per heavy atom. The van der Waals surface area contributed by atoms with Gasteiger partial charge in [-0.3, -0.25) is 4.79 Å². The molecule has 1 N–H and O–H groups in total. The van der Waals surface area contributed by atoms with E-state index in [-0.39, 0.29) is 0 Å². The van der Waals surface area contributed by atoms with Crippen LogP contribution in [0.1, 0.15) is 25.0 Å². The smallest absolute Gasteiger partial charge is 0.309 e. The molecule has 0 atom stereocenters. The SMILES string of the molecule is Cc1ccc(CC(C)(C)C(=O)O)cc1N(C)C. The lowest BCUT2D eigenvalue weighted by molar-refractivity contribution is -0.146. The van der Waals surface area contributed by atoms with Crippen LogP contribution < -0.4 is 4.90 Å². The second-order valence-corrected chi connectivity index (χ2v) is 5.38. The number of hydrogen-bond acceptors (Lipinski definition) is 2. The van der Waals surface area contributed by atoms with E-state index >= 15 is 0 Å². The van der Waals surface area contributed by atoms with E-state index < -0.39 is 11.4 Å². The molecule has 94 valence electrons. The first kappa shape index (κ1) is 13.6. The van der Waals surface area contributed by atoms with Crippen LogP contribution in [-0.4, -0.2) is 25.2 Å². The fraction of sp³-hybridized carbons (Fsp3) is 0.500. The number of carboxylic acids is 1. The molecule has 0 spiro atoms. The van der Waals surface area contributed by atoms with Crippen LogP contribution in [0.25, 0.3) is 0 Å². The van der Waals surface area contributed by atoms with Crippen LogP contribution in [0.2, 0.25) is 0 Å². The molecule has 0 bridgehead atoms. The van der Waals surface area contributed by atoms with E-state index in [2.05, 4.69) is 13.0 Å². The van der Waals surface area contributed by atoms with Crippen molar-refractivity contribution >= 4 is 11.7 Å². The molecule has 0 aliphatic rings. The van der Waals surface area contributed by atoms with Gasteiger partial charge in [0.15, 0.2) is 0 Å². The number of nitrogens with zero attached hydrogens (tertiary/aromatic N) is 1. The molecule has 1 aromatic rings. The number of aryl methyl sites for hydroxylation is 1. The minimum absolute atomic E-state index is 0.545. The second kappa shape index (κ2) is 4.78. The summed E-state index contributed by atoms with van der Waals surface area (Å²) in [4.78, 5) is 13.1. The molecule has 3 nitrogen and oxygen atoms in total. The van der Waals surface area contributed by atoms with Crippen LogP contribution in [-0.2, 0) is 11.2 Å². The summed E-state index contributed by atoms with van der Waals surface area (Å²) >= 11 is 0. The standard InChI is InChI=1S/C14H21NO2/c1-10-6-7-11(8-12(10)15(4)5)9-14(2,3)13(16)17/h6-8H,9H2,1-5H3,(H,16,17). The van der Waals surface area contributed by atoms with Crippen molar-refractivity contribution in [2.45, 2.75) is 27.2 Å². The zero-order chi connectivity index (χ0) is 13.2. The van der Waals surface area contributed by atoms with E-state index in [9.17, 15) is 4.79 Å². The van der Waals surface area contributed by atoms with Gasteiger partial charge >= 0.3 is 5.97 Å². The largest absolute Gasteiger partial charge is 0.481 e. The Kier molecular flexibility index (Phi) is 3.81. The lowest BCUT2D eigenvalue weighted by atomic mass is 9.85. The van der Waals surface area contributed by atoms with E-state index in [1.54, 1.807) is 13.8 Å². The van der Waals surface area contributed by atoms with Crippen molar-refractivity contribution in [3.05, 3.63) is 29.3 Å². The Morgan fingerprint density at radius 2 is 1.94 bits per heavy atom. The van der Waals surface area contributed by atoms with Gasteiger partial charge in [-0.15, -0.1) is 0 Å². The Morgan fingerprint density at radius 3 is 2.41 bits per heavy atom.